The molecule has 0 spiro atoms. The number of alkyl halides is 2. The van der Waals surface area contributed by atoms with E-state index in [-0.39, 0.29) is 6.42 Å². The molecule has 0 bridgehead atoms. The Kier molecular flexibility index (Phi) is 2.62. The Hall–Kier alpha value is -0.710. The van der Waals surface area contributed by atoms with Gasteiger partial charge in [-0.2, -0.15) is 0 Å². The third-order valence-corrected chi connectivity index (χ3v) is 2.05. The molecule has 1 rings (SSSR count). The molecular weight excluding hydrogens is 168 g/mol. The summed E-state index contributed by atoms with van der Waals surface area (Å²) in [6.45, 7) is 0.0818. The van der Waals surface area contributed by atoms with Gasteiger partial charge in [0.2, 0.25) is 0 Å². The van der Waals surface area contributed by atoms with E-state index in [1.165, 1.54) is 0 Å². The molecule has 0 aromatic rings. The second-order valence-corrected chi connectivity index (χ2v) is 3.02. The van der Waals surface area contributed by atoms with Crippen LogP contribution in [0.1, 0.15) is 12.8 Å². The zero-order valence-electron chi connectivity index (χ0n) is 6.52. The highest BCUT2D eigenvalue weighted by Gasteiger charge is 2.42. The lowest BCUT2D eigenvalue weighted by Crippen LogP contribution is -2.46. The van der Waals surface area contributed by atoms with Gasteiger partial charge in [-0.15, -0.1) is 0 Å². The predicted molar refractivity (Wildman–Crippen MR) is 38.2 cm³/mol. The zero-order chi connectivity index (χ0) is 9.19. The Labute approximate surface area is 68.8 Å². The minimum absolute atomic E-state index is 0.235. The third-order valence-electron chi connectivity index (χ3n) is 2.05. The lowest BCUT2D eigenvalue weighted by Gasteiger charge is -2.30. The number of hydrogen-bond acceptors (Lipinski definition) is 2. The number of carboxylic acid groups (broad SMARTS) is 1. The first-order chi connectivity index (χ1) is 5.52. The first-order valence-electron chi connectivity index (χ1n) is 3.83. The fraction of sp³-hybridized carbons (Fsp3) is 0.857. The van der Waals surface area contributed by atoms with Crippen LogP contribution in [0.4, 0.5) is 8.78 Å². The first kappa shape index (κ1) is 9.38. The highest BCUT2D eigenvalue weighted by atomic mass is 19.3. The lowest BCUT2D eigenvalue weighted by atomic mass is 9.91. The molecule has 1 aliphatic heterocycles. The molecule has 5 heteroatoms. The predicted octanol–water partition coefficient (Wildman–Crippen LogP) is 0.706. The number of hydrogen-bond donors (Lipinski definition) is 2. The van der Waals surface area contributed by atoms with Crippen molar-refractivity contribution in [1.29, 1.82) is 0 Å². The standard InChI is InChI=1S/C7H11F2NO2/c8-7(9)4-10-2-1-5(7)3-6(11)12/h5,10H,1-4H2,(H,11,12)/t5-/m1/s1. The van der Waals surface area contributed by atoms with Crippen LogP contribution in [-0.2, 0) is 4.79 Å². The van der Waals surface area contributed by atoms with E-state index in [1.807, 2.05) is 0 Å². The summed E-state index contributed by atoms with van der Waals surface area (Å²) in [6.07, 6.45) is -0.200. The number of carboxylic acids is 1. The van der Waals surface area contributed by atoms with Gasteiger partial charge in [-0.1, -0.05) is 0 Å². The van der Waals surface area contributed by atoms with Crippen molar-refractivity contribution in [2.75, 3.05) is 13.1 Å². The van der Waals surface area contributed by atoms with Crippen LogP contribution in [0, 0.1) is 5.92 Å². The number of halogens is 2. The van der Waals surface area contributed by atoms with Crippen LogP contribution in [-0.4, -0.2) is 30.1 Å². The summed E-state index contributed by atoms with van der Waals surface area (Å²) in [4.78, 5) is 10.2. The van der Waals surface area contributed by atoms with Crippen LogP contribution in [0.15, 0.2) is 0 Å². The van der Waals surface area contributed by atoms with E-state index < -0.39 is 30.8 Å². The van der Waals surface area contributed by atoms with Crippen molar-refractivity contribution < 1.29 is 18.7 Å². The van der Waals surface area contributed by atoms with Gasteiger partial charge < -0.3 is 10.4 Å². The molecule has 0 amide bonds. The summed E-state index contributed by atoms with van der Waals surface area (Å²) >= 11 is 0. The molecule has 0 aromatic heterocycles. The van der Waals surface area contributed by atoms with Gasteiger partial charge in [0.1, 0.15) is 0 Å². The molecule has 2 N–H and O–H groups in total. The Balaban J connectivity index is 2.54. The van der Waals surface area contributed by atoms with Crippen molar-refractivity contribution >= 4 is 5.97 Å². The Bertz CT molecular complexity index is 184. The average molecular weight is 179 g/mol. The summed E-state index contributed by atoms with van der Waals surface area (Å²) in [5.74, 6) is -5.02. The summed E-state index contributed by atoms with van der Waals surface area (Å²) in [5, 5.41) is 10.9. The normalized spacial score (nSPS) is 28.3. The Morgan fingerprint density at radius 2 is 2.33 bits per heavy atom. The molecular formula is C7H11F2NO2. The van der Waals surface area contributed by atoms with Gasteiger partial charge in [-0.25, -0.2) is 8.78 Å². The fourth-order valence-corrected chi connectivity index (χ4v) is 1.35. The molecule has 0 aromatic carbocycles. The Morgan fingerprint density at radius 3 is 2.83 bits per heavy atom. The number of rotatable bonds is 2. The topological polar surface area (TPSA) is 49.3 Å². The monoisotopic (exact) mass is 179 g/mol. The highest BCUT2D eigenvalue weighted by molar-refractivity contribution is 5.67. The van der Waals surface area contributed by atoms with Crippen LogP contribution in [0.3, 0.4) is 0 Å². The maximum atomic E-state index is 12.9. The minimum Gasteiger partial charge on any atom is -0.481 e. The molecule has 0 saturated carbocycles. The van der Waals surface area contributed by atoms with Crippen LogP contribution >= 0.6 is 0 Å². The summed E-state index contributed by atoms with van der Waals surface area (Å²) < 4.78 is 25.8. The van der Waals surface area contributed by atoms with E-state index in [9.17, 15) is 13.6 Å². The molecule has 1 atom stereocenters. The maximum absolute atomic E-state index is 12.9. The van der Waals surface area contributed by atoms with Crippen molar-refractivity contribution in [3.63, 3.8) is 0 Å². The Morgan fingerprint density at radius 1 is 1.67 bits per heavy atom. The van der Waals surface area contributed by atoms with E-state index >= 15 is 0 Å². The van der Waals surface area contributed by atoms with E-state index in [1.54, 1.807) is 0 Å². The zero-order valence-corrected chi connectivity index (χ0v) is 6.52. The van der Waals surface area contributed by atoms with E-state index in [2.05, 4.69) is 5.32 Å². The van der Waals surface area contributed by atoms with Gasteiger partial charge in [0, 0.05) is 5.92 Å². The van der Waals surface area contributed by atoms with Crippen molar-refractivity contribution in [1.82, 2.24) is 5.32 Å². The smallest absolute Gasteiger partial charge is 0.303 e. The minimum atomic E-state index is -2.86. The van der Waals surface area contributed by atoms with E-state index in [0.717, 1.165) is 0 Å². The average Bonchev–Trinajstić information content (AvgIpc) is 1.92. The second kappa shape index (κ2) is 3.35. The molecule has 1 heterocycles. The van der Waals surface area contributed by atoms with Crippen molar-refractivity contribution in [3.05, 3.63) is 0 Å². The van der Waals surface area contributed by atoms with Gasteiger partial charge in [-0.05, 0) is 13.0 Å². The summed E-state index contributed by atoms with van der Waals surface area (Å²) in [7, 11) is 0. The van der Waals surface area contributed by atoms with Gasteiger partial charge in [0.25, 0.3) is 5.92 Å². The van der Waals surface area contributed by atoms with Gasteiger partial charge in [0.15, 0.2) is 0 Å². The molecule has 12 heavy (non-hydrogen) atoms. The lowest BCUT2D eigenvalue weighted by molar-refractivity contribution is -0.144. The molecule has 1 fully saturated rings. The van der Waals surface area contributed by atoms with Crippen LogP contribution in [0.25, 0.3) is 0 Å². The largest absolute Gasteiger partial charge is 0.481 e. The van der Waals surface area contributed by atoms with E-state index in [0.29, 0.717) is 6.54 Å². The molecule has 3 nitrogen and oxygen atoms in total. The fourth-order valence-electron chi connectivity index (χ4n) is 1.35. The first-order valence-corrected chi connectivity index (χ1v) is 3.83. The molecule has 0 aliphatic carbocycles. The third kappa shape index (κ3) is 2.14. The summed E-state index contributed by atoms with van der Waals surface area (Å²) in [5.41, 5.74) is 0. The van der Waals surface area contributed by atoms with Crippen LogP contribution < -0.4 is 5.32 Å². The summed E-state index contributed by atoms with van der Waals surface area (Å²) in [6, 6.07) is 0. The molecule has 1 saturated heterocycles. The quantitative estimate of drug-likeness (QED) is 0.656. The highest BCUT2D eigenvalue weighted by Crippen LogP contribution is 2.31. The van der Waals surface area contributed by atoms with Crippen molar-refractivity contribution in [2.24, 2.45) is 5.92 Å². The van der Waals surface area contributed by atoms with Gasteiger partial charge >= 0.3 is 5.97 Å². The number of nitrogens with one attached hydrogen (secondary N) is 1. The number of carbonyl (C=O) groups is 1. The maximum Gasteiger partial charge on any atom is 0.303 e. The molecule has 70 valence electrons. The molecule has 1 aliphatic rings. The van der Waals surface area contributed by atoms with Crippen LogP contribution in [0.2, 0.25) is 0 Å². The number of piperidine rings is 1. The molecule has 0 unspecified atom stereocenters. The second-order valence-electron chi connectivity index (χ2n) is 3.02. The number of aliphatic carboxylic acids is 1. The van der Waals surface area contributed by atoms with Crippen molar-refractivity contribution in [2.45, 2.75) is 18.8 Å². The van der Waals surface area contributed by atoms with Gasteiger partial charge in [0.05, 0.1) is 13.0 Å². The van der Waals surface area contributed by atoms with Crippen LogP contribution in [0.5, 0.6) is 0 Å². The van der Waals surface area contributed by atoms with Gasteiger partial charge in [-0.3, -0.25) is 4.79 Å². The molecule has 0 radical (unpaired) electrons. The van der Waals surface area contributed by atoms with E-state index in [4.69, 9.17) is 5.11 Å². The SMILES string of the molecule is O=C(O)C[C@H]1CCNCC1(F)F. The van der Waals surface area contributed by atoms with Crippen molar-refractivity contribution in [3.8, 4) is 0 Å².